The first-order valence-electron chi connectivity index (χ1n) is 9.11. The second-order valence-electron chi connectivity index (χ2n) is 6.55. The van der Waals surface area contributed by atoms with Gasteiger partial charge in [-0.1, -0.05) is 18.2 Å². The number of rotatable bonds is 6. The van der Waals surface area contributed by atoms with Crippen molar-refractivity contribution in [2.24, 2.45) is 4.99 Å². The van der Waals surface area contributed by atoms with E-state index in [1.807, 2.05) is 30.3 Å². The van der Waals surface area contributed by atoms with Gasteiger partial charge in [-0.3, -0.25) is 9.89 Å². The number of nitrogens with zero attached hydrogens (tertiary/aromatic N) is 3. The Morgan fingerprint density at radius 3 is 2.70 bits per heavy atom. The number of hydrogen-bond donors (Lipinski definition) is 2. The van der Waals surface area contributed by atoms with Crippen molar-refractivity contribution in [2.45, 2.75) is 31.9 Å². The molecule has 0 aliphatic carbocycles. The lowest BCUT2D eigenvalue weighted by Gasteiger charge is -2.32. The fourth-order valence-corrected chi connectivity index (χ4v) is 3.12. The van der Waals surface area contributed by atoms with E-state index in [0.717, 1.165) is 24.1 Å². The van der Waals surface area contributed by atoms with Crippen molar-refractivity contribution in [2.75, 3.05) is 26.7 Å². The molecule has 8 heteroatoms. The van der Waals surface area contributed by atoms with Gasteiger partial charge in [0.15, 0.2) is 5.96 Å². The Balaban J connectivity index is 1.46. The van der Waals surface area contributed by atoms with Crippen LogP contribution in [0.1, 0.15) is 18.5 Å². The number of aromatic nitrogens is 1. The molecule has 2 aromatic rings. The van der Waals surface area contributed by atoms with Crippen LogP contribution in [0.3, 0.4) is 0 Å². The lowest BCUT2D eigenvalue weighted by Crippen LogP contribution is -2.49. The van der Waals surface area contributed by atoms with Crippen LogP contribution in [-0.2, 0) is 6.54 Å². The van der Waals surface area contributed by atoms with Crippen LogP contribution < -0.4 is 10.6 Å². The van der Waals surface area contributed by atoms with Gasteiger partial charge in [0.05, 0.1) is 18.8 Å². The Hall–Kier alpha value is -2.48. The third kappa shape index (κ3) is 5.75. The SMILES string of the molecule is CN=C(NCc1coc(-c2ccccc2)n1)NC1CCN(CC(F)F)CC1. The first kappa shape index (κ1) is 19.3. The molecule has 1 aliphatic rings. The smallest absolute Gasteiger partial charge is 0.251 e. The zero-order chi connectivity index (χ0) is 19.1. The van der Waals surface area contributed by atoms with Crippen molar-refractivity contribution >= 4 is 5.96 Å². The van der Waals surface area contributed by atoms with E-state index in [2.05, 4.69) is 20.6 Å². The maximum atomic E-state index is 12.5. The summed E-state index contributed by atoms with van der Waals surface area (Å²) in [5.41, 5.74) is 1.71. The fourth-order valence-electron chi connectivity index (χ4n) is 3.12. The number of alkyl halides is 2. The van der Waals surface area contributed by atoms with E-state index in [9.17, 15) is 8.78 Å². The lowest BCUT2D eigenvalue weighted by molar-refractivity contribution is 0.0744. The molecular weight excluding hydrogens is 352 g/mol. The molecule has 6 nitrogen and oxygen atoms in total. The van der Waals surface area contributed by atoms with Crippen LogP contribution in [-0.4, -0.2) is 55.0 Å². The molecule has 1 saturated heterocycles. The summed E-state index contributed by atoms with van der Waals surface area (Å²) in [6.07, 6.45) is 0.989. The normalized spacial score (nSPS) is 16.7. The van der Waals surface area contributed by atoms with Crippen LogP contribution in [0.4, 0.5) is 8.78 Å². The monoisotopic (exact) mass is 377 g/mol. The second kappa shape index (κ2) is 9.45. The Kier molecular flexibility index (Phi) is 6.75. The van der Waals surface area contributed by atoms with Gasteiger partial charge in [0.2, 0.25) is 5.89 Å². The van der Waals surface area contributed by atoms with E-state index in [-0.39, 0.29) is 12.6 Å². The highest BCUT2D eigenvalue weighted by molar-refractivity contribution is 5.79. The molecule has 1 aromatic carbocycles. The highest BCUT2D eigenvalue weighted by Gasteiger charge is 2.22. The van der Waals surface area contributed by atoms with Crippen molar-refractivity contribution in [3.05, 3.63) is 42.3 Å². The zero-order valence-corrected chi connectivity index (χ0v) is 15.4. The standard InChI is InChI=1S/C19H25F2N5O/c1-22-19(25-15-7-9-26(10-8-15)12-17(20)21)23-11-16-13-27-18(24-16)14-5-3-2-4-6-14/h2-6,13,15,17H,7-12H2,1H3,(H2,22,23,25). The minimum absolute atomic E-state index is 0.143. The highest BCUT2D eigenvalue weighted by Crippen LogP contribution is 2.17. The summed E-state index contributed by atoms with van der Waals surface area (Å²) in [7, 11) is 1.71. The summed E-state index contributed by atoms with van der Waals surface area (Å²) in [5.74, 6) is 1.26. The van der Waals surface area contributed by atoms with Gasteiger partial charge in [0, 0.05) is 31.7 Å². The molecule has 1 fully saturated rings. The molecule has 2 heterocycles. The van der Waals surface area contributed by atoms with E-state index < -0.39 is 6.43 Å². The van der Waals surface area contributed by atoms with E-state index in [4.69, 9.17) is 4.42 Å². The number of halogens is 2. The molecule has 0 saturated carbocycles. The number of aliphatic imine (C=N–C) groups is 1. The van der Waals surface area contributed by atoms with Crippen molar-refractivity contribution in [1.82, 2.24) is 20.5 Å². The largest absolute Gasteiger partial charge is 0.444 e. The molecule has 0 atom stereocenters. The summed E-state index contributed by atoms with van der Waals surface area (Å²) in [6.45, 7) is 1.68. The van der Waals surface area contributed by atoms with Gasteiger partial charge in [-0.25, -0.2) is 13.8 Å². The van der Waals surface area contributed by atoms with Gasteiger partial charge in [-0.15, -0.1) is 0 Å². The number of nitrogens with one attached hydrogen (secondary N) is 2. The minimum Gasteiger partial charge on any atom is -0.444 e. The predicted molar refractivity (Wildman–Crippen MR) is 101 cm³/mol. The van der Waals surface area contributed by atoms with Crippen LogP contribution in [0.15, 0.2) is 46.0 Å². The number of guanidine groups is 1. The van der Waals surface area contributed by atoms with E-state index >= 15 is 0 Å². The lowest BCUT2D eigenvalue weighted by atomic mass is 10.1. The molecule has 3 rings (SSSR count). The predicted octanol–water partition coefficient (Wildman–Crippen LogP) is 2.74. The quantitative estimate of drug-likeness (QED) is 0.599. The van der Waals surface area contributed by atoms with Gasteiger partial charge >= 0.3 is 0 Å². The summed E-state index contributed by atoms with van der Waals surface area (Å²) in [4.78, 5) is 10.5. The highest BCUT2D eigenvalue weighted by atomic mass is 19.3. The summed E-state index contributed by atoms with van der Waals surface area (Å²) < 4.78 is 30.4. The number of benzene rings is 1. The van der Waals surface area contributed by atoms with Crippen molar-refractivity contribution in [1.29, 1.82) is 0 Å². The van der Waals surface area contributed by atoms with E-state index in [1.54, 1.807) is 18.2 Å². The van der Waals surface area contributed by atoms with E-state index in [1.165, 1.54) is 0 Å². The summed E-state index contributed by atoms with van der Waals surface area (Å²) >= 11 is 0. The Morgan fingerprint density at radius 2 is 2.04 bits per heavy atom. The maximum absolute atomic E-state index is 12.5. The molecule has 146 valence electrons. The van der Waals surface area contributed by atoms with Crippen molar-refractivity contribution in [3.8, 4) is 11.5 Å². The summed E-state index contributed by atoms with van der Waals surface area (Å²) in [5, 5.41) is 6.58. The molecule has 2 N–H and O–H groups in total. The summed E-state index contributed by atoms with van der Waals surface area (Å²) in [6, 6.07) is 9.95. The molecule has 0 radical (unpaired) electrons. The van der Waals surface area contributed by atoms with Crippen LogP contribution >= 0.6 is 0 Å². The molecule has 0 spiro atoms. The molecule has 0 amide bonds. The second-order valence-corrected chi connectivity index (χ2v) is 6.55. The number of hydrogen-bond acceptors (Lipinski definition) is 4. The van der Waals surface area contributed by atoms with E-state index in [0.29, 0.717) is 31.5 Å². The number of oxazole rings is 1. The molecule has 27 heavy (non-hydrogen) atoms. The Bertz CT molecular complexity index is 727. The van der Waals surface area contributed by atoms with Gasteiger partial charge in [-0.05, 0) is 25.0 Å². The maximum Gasteiger partial charge on any atom is 0.251 e. The number of likely N-dealkylation sites (tertiary alicyclic amines) is 1. The average molecular weight is 377 g/mol. The van der Waals surface area contributed by atoms with Crippen LogP contribution in [0.5, 0.6) is 0 Å². The zero-order valence-electron chi connectivity index (χ0n) is 15.4. The van der Waals surface area contributed by atoms with Crippen LogP contribution in [0, 0.1) is 0 Å². The third-order valence-corrected chi connectivity index (χ3v) is 4.56. The van der Waals surface area contributed by atoms with Crippen LogP contribution in [0.25, 0.3) is 11.5 Å². The number of piperidine rings is 1. The first-order valence-corrected chi connectivity index (χ1v) is 9.11. The average Bonchev–Trinajstić information content (AvgIpc) is 3.16. The first-order chi connectivity index (χ1) is 13.1. The van der Waals surface area contributed by atoms with Crippen molar-refractivity contribution < 1.29 is 13.2 Å². The van der Waals surface area contributed by atoms with Gasteiger partial charge < -0.3 is 15.1 Å². The topological polar surface area (TPSA) is 65.7 Å². The van der Waals surface area contributed by atoms with Gasteiger partial charge in [-0.2, -0.15) is 0 Å². The van der Waals surface area contributed by atoms with Gasteiger partial charge in [0.1, 0.15) is 6.26 Å². The Labute approximate surface area is 157 Å². The Morgan fingerprint density at radius 1 is 1.30 bits per heavy atom. The molecular formula is C19H25F2N5O. The molecule has 1 aromatic heterocycles. The molecule has 1 aliphatic heterocycles. The molecule has 0 unspecified atom stereocenters. The van der Waals surface area contributed by atoms with Crippen molar-refractivity contribution in [3.63, 3.8) is 0 Å². The van der Waals surface area contributed by atoms with Gasteiger partial charge in [0.25, 0.3) is 6.43 Å². The van der Waals surface area contributed by atoms with Crippen LogP contribution in [0.2, 0.25) is 0 Å². The minimum atomic E-state index is -2.27. The fraction of sp³-hybridized carbons (Fsp3) is 0.474. The third-order valence-electron chi connectivity index (χ3n) is 4.56. The molecule has 0 bridgehead atoms.